The van der Waals surface area contributed by atoms with Crippen molar-refractivity contribution in [3.8, 4) is 0 Å². The lowest BCUT2D eigenvalue weighted by Crippen LogP contribution is -2.50. The van der Waals surface area contributed by atoms with E-state index in [0.29, 0.717) is 0 Å². The molecule has 1 aromatic rings. The number of rotatable bonds is 8. The molecule has 1 aliphatic heterocycles. The molecule has 156 valence electrons. The number of carbonyl (C=O) groups is 2. The zero-order chi connectivity index (χ0) is 21.0. The van der Waals surface area contributed by atoms with E-state index >= 15 is 0 Å². The molecular formula is C13H18N3O10PS. The van der Waals surface area contributed by atoms with E-state index in [1.165, 1.54) is 7.11 Å². The summed E-state index contributed by atoms with van der Waals surface area (Å²) in [5, 5.41) is 20.1. The van der Waals surface area contributed by atoms with Crippen molar-refractivity contribution in [1.82, 2.24) is 14.9 Å². The first-order chi connectivity index (χ1) is 13.2. The van der Waals surface area contributed by atoms with Crippen LogP contribution in [0.5, 0.6) is 0 Å². The number of carboxylic acid groups (broad SMARTS) is 1. The number of ether oxygens (including phenoxy) is 2. The van der Waals surface area contributed by atoms with Crippen molar-refractivity contribution >= 4 is 30.8 Å². The molecule has 0 spiro atoms. The first-order valence-electron chi connectivity index (χ1n) is 7.73. The third-order valence-electron chi connectivity index (χ3n) is 3.88. The van der Waals surface area contributed by atoms with Crippen molar-refractivity contribution in [3.05, 3.63) is 33.1 Å². The van der Waals surface area contributed by atoms with E-state index < -0.39 is 67.5 Å². The average molecular weight is 439 g/mol. The summed E-state index contributed by atoms with van der Waals surface area (Å²) >= 11 is 4.65. The van der Waals surface area contributed by atoms with E-state index in [2.05, 4.69) is 17.1 Å². The number of carboxylic acids is 1. The molecule has 2 rings (SSSR count). The molecule has 1 aliphatic rings. The predicted octanol–water partition coefficient (Wildman–Crippen LogP) is -3.11. The van der Waals surface area contributed by atoms with Gasteiger partial charge in [-0.3, -0.25) is 19.1 Å². The van der Waals surface area contributed by atoms with Crippen molar-refractivity contribution in [1.29, 1.82) is 0 Å². The van der Waals surface area contributed by atoms with E-state index in [1.807, 2.05) is 4.98 Å². The Morgan fingerprint density at radius 1 is 1.46 bits per heavy atom. The Kier molecular flexibility index (Phi) is 7.60. The number of aliphatic carboxylic acids is 1. The van der Waals surface area contributed by atoms with E-state index in [0.717, 1.165) is 16.8 Å². The Labute approximate surface area is 162 Å². The van der Waals surface area contributed by atoms with Crippen LogP contribution in [0.3, 0.4) is 0 Å². The van der Waals surface area contributed by atoms with E-state index in [1.54, 1.807) is 0 Å². The number of methoxy groups -OCH3 is 1. The van der Waals surface area contributed by atoms with Crippen LogP contribution >= 0.6 is 7.15 Å². The summed E-state index contributed by atoms with van der Waals surface area (Å²) in [6.45, 7) is -0.883. The SMILES string of the molecule is CO[C@H]1C(O[PH](O)=S)[C@@H](C(=O)N[C@H](CO)C(=O)O)O[C@H]1n1ccc(=O)[nH]c1=O. The third-order valence-corrected chi connectivity index (χ3v) is 4.64. The van der Waals surface area contributed by atoms with Gasteiger partial charge in [-0.15, -0.1) is 0 Å². The first kappa shape index (κ1) is 22.4. The zero-order valence-corrected chi connectivity index (χ0v) is 16.1. The quantitative estimate of drug-likeness (QED) is 0.258. The second-order valence-electron chi connectivity index (χ2n) is 5.60. The summed E-state index contributed by atoms with van der Waals surface area (Å²) < 4.78 is 16.9. The monoisotopic (exact) mass is 439 g/mol. The van der Waals surface area contributed by atoms with Gasteiger partial charge in [0.25, 0.3) is 11.5 Å². The fourth-order valence-corrected chi connectivity index (χ4v) is 3.46. The van der Waals surface area contributed by atoms with Gasteiger partial charge in [0.2, 0.25) is 0 Å². The summed E-state index contributed by atoms with van der Waals surface area (Å²) in [5.41, 5.74) is -1.51. The minimum absolute atomic E-state index is 0.658. The zero-order valence-electron chi connectivity index (χ0n) is 14.3. The smallest absolute Gasteiger partial charge is 0.330 e. The molecule has 28 heavy (non-hydrogen) atoms. The molecule has 5 N–H and O–H groups in total. The van der Waals surface area contributed by atoms with Crippen molar-refractivity contribution < 1.29 is 38.7 Å². The van der Waals surface area contributed by atoms with Gasteiger partial charge in [-0.05, 0) is 11.8 Å². The maximum Gasteiger partial charge on any atom is 0.330 e. The van der Waals surface area contributed by atoms with Gasteiger partial charge in [0.15, 0.2) is 19.5 Å². The number of carbonyl (C=O) groups excluding carboxylic acids is 1. The highest BCUT2D eigenvalue weighted by molar-refractivity contribution is 8.00. The lowest BCUT2D eigenvalue weighted by Gasteiger charge is -2.23. The van der Waals surface area contributed by atoms with Gasteiger partial charge in [-0.1, -0.05) is 0 Å². The van der Waals surface area contributed by atoms with Crippen LogP contribution in [0.4, 0.5) is 0 Å². The molecule has 6 atom stereocenters. The summed E-state index contributed by atoms with van der Waals surface area (Å²) in [4.78, 5) is 58.3. The first-order valence-corrected chi connectivity index (χ1v) is 10.2. The molecule has 1 amide bonds. The number of hydrogen-bond acceptors (Lipinski definition) is 9. The van der Waals surface area contributed by atoms with Crippen molar-refractivity contribution in [2.75, 3.05) is 13.7 Å². The Morgan fingerprint density at radius 3 is 2.64 bits per heavy atom. The number of aliphatic hydroxyl groups excluding tert-OH is 1. The number of amides is 1. The van der Waals surface area contributed by atoms with Gasteiger partial charge in [0.05, 0.1) is 6.61 Å². The Morgan fingerprint density at radius 2 is 2.14 bits per heavy atom. The predicted molar refractivity (Wildman–Crippen MR) is 95.5 cm³/mol. The Bertz CT molecular complexity index is 873. The summed E-state index contributed by atoms with van der Waals surface area (Å²) in [7, 11) is -1.53. The standard InChI is InChI=1S/C13H18N3O10PS/c1-24-9-7(26-27(23)28)8(10(19)14-5(4-17)12(20)21)25-11(9)16-3-2-6(18)15-13(16)22/h2-3,5,7-9,11,17,27H,4H2,1H3,(H,14,19)(H,20,21)(H,23,28)(H,15,18,22)/t5-,7?,8+,9+,11-/m1/s1. The molecule has 0 aromatic carbocycles. The number of nitrogens with zero attached hydrogens (tertiary/aromatic N) is 1. The molecular weight excluding hydrogens is 421 g/mol. The van der Waals surface area contributed by atoms with Gasteiger partial charge in [-0.25, -0.2) is 9.59 Å². The minimum Gasteiger partial charge on any atom is -0.480 e. The number of aliphatic hydroxyl groups is 1. The van der Waals surface area contributed by atoms with Crippen LogP contribution in [0.25, 0.3) is 0 Å². The van der Waals surface area contributed by atoms with Crippen LogP contribution in [-0.2, 0) is 35.4 Å². The van der Waals surface area contributed by atoms with E-state index in [9.17, 15) is 24.1 Å². The second kappa shape index (κ2) is 9.52. The van der Waals surface area contributed by atoms with Crippen LogP contribution < -0.4 is 16.6 Å². The molecule has 0 radical (unpaired) electrons. The van der Waals surface area contributed by atoms with E-state index in [-0.39, 0.29) is 0 Å². The summed E-state index contributed by atoms with van der Waals surface area (Å²) in [6.07, 6.45) is -4.09. The largest absolute Gasteiger partial charge is 0.480 e. The van der Waals surface area contributed by atoms with Gasteiger partial charge in [-0.2, -0.15) is 0 Å². The highest BCUT2D eigenvalue weighted by atomic mass is 32.4. The lowest BCUT2D eigenvalue weighted by molar-refractivity contribution is -0.147. The highest BCUT2D eigenvalue weighted by Crippen LogP contribution is 2.37. The van der Waals surface area contributed by atoms with E-state index in [4.69, 9.17) is 24.2 Å². The number of aromatic amines is 1. The number of nitrogens with one attached hydrogen (secondary N) is 2. The molecule has 0 aliphatic carbocycles. The summed E-state index contributed by atoms with van der Waals surface area (Å²) in [6, 6.07) is -0.573. The number of H-pyrrole nitrogens is 1. The Balaban J connectivity index is 2.39. The molecule has 1 aromatic heterocycles. The average Bonchev–Trinajstić information content (AvgIpc) is 2.96. The molecule has 0 bridgehead atoms. The fraction of sp³-hybridized carbons (Fsp3) is 0.538. The minimum atomic E-state index is -2.76. The topological polar surface area (TPSA) is 189 Å². The van der Waals surface area contributed by atoms with Crippen LogP contribution in [0.1, 0.15) is 6.23 Å². The molecule has 2 unspecified atom stereocenters. The number of aromatic nitrogens is 2. The molecule has 1 saturated heterocycles. The van der Waals surface area contributed by atoms with Gasteiger partial charge in [0.1, 0.15) is 18.2 Å². The lowest BCUT2D eigenvalue weighted by atomic mass is 10.1. The van der Waals surface area contributed by atoms with Crippen molar-refractivity contribution in [2.24, 2.45) is 0 Å². The van der Waals surface area contributed by atoms with Gasteiger partial charge < -0.3 is 34.4 Å². The van der Waals surface area contributed by atoms with Gasteiger partial charge in [0, 0.05) is 19.4 Å². The van der Waals surface area contributed by atoms with Crippen molar-refractivity contribution in [3.63, 3.8) is 0 Å². The molecule has 2 heterocycles. The van der Waals surface area contributed by atoms with Crippen LogP contribution in [0, 0.1) is 0 Å². The second-order valence-corrected chi connectivity index (χ2v) is 7.41. The maximum absolute atomic E-state index is 12.5. The summed E-state index contributed by atoms with van der Waals surface area (Å²) in [5.74, 6) is -2.48. The number of hydrogen-bond donors (Lipinski definition) is 5. The van der Waals surface area contributed by atoms with Crippen LogP contribution in [0.15, 0.2) is 21.9 Å². The van der Waals surface area contributed by atoms with Crippen molar-refractivity contribution in [2.45, 2.75) is 30.6 Å². The van der Waals surface area contributed by atoms with Gasteiger partial charge >= 0.3 is 11.7 Å². The van der Waals surface area contributed by atoms with Crippen LogP contribution in [-0.4, -0.2) is 74.6 Å². The molecule has 1 fully saturated rings. The third kappa shape index (κ3) is 4.91. The van der Waals surface area contributed by atoms with Crippen LogP contribution in [0.2, 0.25) is 0 Å². The molecule has 13 nitrogen and oxygen atoms in total. The highest BCUT2D eigenvalue weighted by Gasteiger charge is 2.51. The Hall–Kier alpha value is -1.93. The molecule has 0 saturated carbocycles. The molecule has 15 heteroatoms. The maximum atomic E-state index is 12.5. The normalized spacial score (nSPS) is 26.5. The fourth-order valence-electron chi connectivity index (χ4n) is 2.64.